The zero-order chi connectivity index (χ0) is 17.6. The maximum absolute atomic E-state index is 13.0. The zero-order valence-corrected chi connectivity index (χ0v) is 15.2. The van der Waals surface area contributed by atoms with E-state index in [1.54, 1.807) is 6.20 Å². The molecule has 2 aliphatic rings. The van der Waals surface area contributed by atoms with Crippen molar-refractivity contribution < 1.29 is 4.79 Å². The van der Waals surface area contributed by atoms with Gasteiger partial charge in [0.2, 0.25) is 0 Å². The minimum atomic E-state index is 0.0855. The molecule has 1 aliphatic heterocycles. The second-order valence-electron chi connectivity index (χ2n) is 7.20. The van der Waals surface area contributed by atoms with Gasteiger partial charge in [0.15, 0.2) is 0 Å². The summed E-state index contributed by atoms with van der Waals surface area (Å²) in [7, 11) is 0. The fourth-order valence-electron chi connectivity index (χ4n) is 3.57. The number of carbonyl (C=O) groups excluding carboxylic acids is 1. The highest BCUT2D eigenvalue weighted by atomic mass is 35.5. The van der Waals surface area contributed by atoms with Crippen LogP contribution in [-0.2, 0) is 0 Å². The molecular formula is C19H23ClN4O. The third-order valence-corrected chi connectivity index (χ3v) is 5.71. The molecule has 4 rings (SSSR count). The van der Waals surface area contributed by atoms with Crippen molar-refractivity contribution in [3.05, 3.63) is 46.2 Å². The van der Waals surface area contributed by atoms with Gasteiger partial charge in [-0.25, -0.2) is 4.68 Å². The van der Waals surface area contributed by atoms with Gasteiger partial charge in [-0.1, -0.05) is 17.7 Å². The summed E-state index contributed by atoms with van der Waals surface area (Å²) in [4.78, 5) is 15.0. The molecule has 1 amide bonds. The second kappa shape index (κ2) is 6.46. The Morgan fingerprint density at radius 2 is 2.16 bits per heavy atom. The van der Waals surface area contributed by atoms with Crippen LogP contribution in [0.3, 0.4) is 0 Å². The quantitative estimate of drug-likeness (QED) is 0.913. The van der Waals surface area contributed by atoms with Gasteiger partial charge in [-0.2, -0.15) is 5.10 Å². The molecule has 1 atom stereocenters. The summed E-state index contributed by atoms with van der Waals surface area (Å²) in [5.41, 5.74) is 9.47. The lowest BCUT2D eigenvalue weighted by Crippen LogP contribution is -2.30. The number of hydrogen-bond donors (Lipinski definition) is 1. The van der Waals surface area contributed by atoms with Crippen LogP contribution in [0.4, 0.5) is 0 Å². The molecule has 1 aromatic heterocycles. The molecule has 1 aliphatic carbocycles. The lowest BCUT2D eigenvalue weighted by molar-refractivity contribution is 0.0786. The Hall–Kier alpha value is -1.85. The average molecular weight is 359 g/mol. The van der Waals surface area contributed by atoms with Gasteiger partial charge < -0.3 is 10.6 Å². The number of carbonyl (C=O) groups is 1. The Morgan fingerprint density at radius 1 is 1.36 bits per heavy atom. The van der Waals surface area contributed by atoms with Crippen molar-refractivity contribution in [2.45, 2.75) is 32.1 Å². The second-order valence-corrected chi connectivity index (χ2v) is 7.61. The number of amides is 1. The molecule has 1 aromatic carbocycles. The average Bonchev–Trinajstić information content (AvgIpc) is 3.18. The molecule has 25 heavy (non-hydrogen) atoms. The first-order valence-corrected chi connectivity index (χ1v) is 9.30. The van der Waals surface area contributed by atoms with Gasteiger partial charge in [0.25, 0.3) is 5.91 Å². The molecule has 2 N–H and O–H groups in total. The number of aromatic nitrogens is 2. The van der Waals surface area contributed by atoms with Crippen molar-refractivity contribution in [3.63, 3.8) is 0 Å². The standard InChI is InChI=1S/C19H23ClN4O/c1-12-2-5-15(8-17(12)20)24-18(14-3-4-14)16(10-22-24)19(25)23-7-6-13(9-21)11-23/h2,5,8,10,13-14H,3-4,6-7,9,11,21H2,1H3/t13-/m1/s1. The highest BCUT2D eigenvalue weighted by Gasteiger charge is 2.35. The van der Waals surface area contributed by atoms with Crippen molar-refractivity contribution in [1.29, 1.82) is 0 Å². The third kappa shape index (κ3) is 3.07. The van der Waals surface area contributed by atoms with Crippen LogP contribution >= 0.6 is 11.6 Å². The number of likely N-dealkylation sites (tertiary alicyclic amines) is 1. The summed E-state index contributed by atoms with van der Waals surface area (Å²) in [6, 6.07) is 5.92. The number of aryl methyl sites for hydroxylation is 1. The first kappa shape index (κ1) is 16.6. The van der Waals surface area contributed by atoms with Crippen LogP contribution in [0.5, 0.6) is 0 Å². The molecule has 2 fully saturated rings. The number of nitrogens with zero attached hydrogens (tertiary/aromatic N) is 3. The minimum absolute atomic E-state index is 0.0855. The van der Waals surface area contributed by atoms with Crippen LogP contribution in [0.1, 0.15) is 46.8 Å². The molecule has 6 heteroatoms. The van der Waals surface area contributed by atoms with E-state index in [1.807, 2.05) is 34.7 Å². The Morgan fingerprint density at radius 3 is 2.80 bits per heavy atom. The van der Waals surface area contributed by atoms with E-state index in [9.17, 15) is 4.79 Å². The summed E-state index contributed by atoms with van der Waals surface area (Å²) in [6.07, 6.45) is 4.93. The van der Waals surface area contributed by atoms with E-state index in [0.29, 0.717) is 23.4 Å². The van der Waals surface area contributed by atoms with E-state index in [4.69, 9.17) is 17.3 Å². The summed E-state index contributed by atoms with van der Waals surface area (Å²) in [5, 5.41) is 5.25. The van der Waals surface area contributed by atoms with Crippen molar-refractivity contribution in [3.8, 4) is 5.69 Å². The van der Waals surface area contributed by atoms with Crippen LogP contribution in [-0.4, -0.2) is 40.2 Å². The SMILES string of the molecule is Cc1ccc(-n2ncc(C(=O)N3CC[C@H](CN)C3)c2C2CC2)cc1Cl. The molecular weight excluding hydrogens is 336 g/mol. The smallest absolute Gasteiger partial charge is 0.257 e. The zero-order valence-electron chi connectivity index (χ0n) is 14.4. The summed E-state index contributed by atoms with van der Waals surface area (Å²) >= 11 is 6.29. The van der Waals surface area contributed by atoms with Gasteiger partial charge in [0, 0.05) is 24.0 Å². The molecule has 1 saturated carbocycles. The van der Waals surface area contributed by atoms with Gasteiger partial charge in [-0.3, -0.25) is 4.79 Å². The molecule has 0 bridgehead atoms. The fraction of sp³-hybridized carbons (Fsp3) is 0.474. The molecule has 1 saturated heterocycles. The van der Waals surface area contributed by atoms with Crippen LogP contribution in [0.15, 0.2) is 24.4 Å². The Kier molecular flexibility index (Phi) is 4.29. The van der Waals surface area contributed by atoms with Crippen molar-refractivity contribution in [1.82, 2.24) is 14.7 Å². The maximum Gasteiger partial charge on any atom is 0.257 e. The van der Waals surface area contributed by atoms with E-state index >= 15 is 0 Å². The van der Waals surface area contributed by atoms with E-state index in [2.05, 4.69) is 5.10 Å². The van der Waals surface area contributed by atoms with Crippen LogP contribution < -0.4 is 5.73 Å². The van der Waals surface area contributed by atoms with Gasteiger partial charge in [-0.05, 0) is 56.3 Å². The molecule has 2 heterocycles. The van der Waals surface area contributed by atoms with Gasteiger partial charge in [-0.15, -0.1) is 0 Å². The largest absolute Gasteiger partial charge is 0.338 e. The predicted molar refractivity (Wildman–Crippen MR) is 98.4 cm³/mol. The van der Waals surface area contributed by atoms with E-state index in [-0.39, 0.29) is 5.91 Å². The van der Waals surface area contributed by atoms with Crippen LogP contribution in [0.25, 0.3) is 5.69 Å². The van der Waals surface area contributed by atoms with Gasteiger partial charge in [0.05, 0.1) is 23.1 Å². The first-order chi connectivity index (χ1) is 12.1. The lowest BCUT2D eigenvalue weighted by atomic mass is 10.1. The number of benzene rings is 1. The molecule has 132 valence electrons. The summed E-state index contributed by atoms with van der Waals surface area (Å²) < 4.78 is 1.90. The van der Waals surface area contributed by atoms with E-state index in [1.165, 1.54) is 0 Å². The maximum atomic E-state index is 13.0. The molecule has 0 radical (unpaired) electrons. The van der Waals surface area contributed by atoms with Crippen molar-refractivity contribution in [2.24, 2.45) is 11.7 Å². The highest BCUT2D eigenvalue weighted by molar-refractivity contribution is 6.31. The molecule has 0 unspecified atom stereocenters. The molecule has 2 aromatic rings. The topological polar surface area (TPSA) is 64.2 Å². The summed E-state index contributed by atoms with van der Waals surface area (Å²) in [6.45, 7) is 4.15. The number of halogens is 1. The summed E-state index contributed by atoms with van der Waals surface area (Å²) in [5.74, 6) is 0.913. The van der Waals surface area contributed by atoms with Gasteiger partial charge in [0.1, 0.15) is 0 Å². The minimum Gasteiger partial charge on any atom is -0.338 e. The van der Waals surface area contributed by atoms with Crippen molar-refractivity contribution in [2.75, 3.05) is 19.6 Å². The highest BCUT2D eigenvalue weighted by Crippen LogP contribution is 2.43. The predicted octanol–water partition coefficient (Wildman–Crippen LogP) is 3.13. The normalized spacial score (nSPS) is 20.3. The fourth-order valence-corrected chi connectivity index (χ4v) is 3.75. The van der Waals surface area contributed by atoms with E-state index < -0.39 is 0 Å². The third-order valence-electron chi connectivity index (χ3n) is 5.31. The Labute approximate surface area is 152 Å². The number of nitrogens with two attached hydrogens (primary N) is 1. The molecule has 0 spiro atoms. The monoisotopic (exact) mass is 358 g/mol. The Bertz CT molecular complexity index is 812. The molecule has 5 nitrogen and oxygen atoms in total. The van der Waals surface area contributed by atoms with E-state index in [0.717, 1.165) is 54.9 Å². The number of rotatable bonds is 4. The van der Waals surface area contributed by atoms with Crippen molar-refractivity contribution >= 4 is 17.5 Å². The van der Waals surface area contributed by atoms with Crippen LogP contribution in [0, 0.1) is 12.8 Å². The van der Waals surface area contributed by atoms with Crippen LogP contribution in [0.2, 0.25) is 5.02 Å². The number of hydrogen-bond acceptors (Lipinski definition) is 3. The lowest BCUT2D eigenvalue weighted by Gasteiger charge is -2.17. The van der Waals surface area contributed by atoms with Gasteiger partial charge >= 0.3 is 0 Å². The first-order valence-electron chi connectivity index (χ1n) is 8.92. The Balaban J connectivity index is 1.69.